The quantitative estimate of drug-likeness (QED) is 0.838. The van der Waals surface area contributed by atoms with Gasteiger partial charge in [0.25, 0.3) is 0 Å². The second-order valence-electron chi connectivity index (χ2n) is 6.19. The van der Waals surface area contributed by atoms with Crippen LogP contribution in [0.25, 0.3) is 0 Å². The van der Waals surface area contributed by atoms with E-state index in [9.17, 15) is 0 Å². The van der Waals surface area contributed by atoms with Crippen molar-refractivity contribution in [3.8, 4) is 0 Å². The lowest BCUT2D eigenvalue weighted by Gasteiger charge is -2.34. The van der Waals surface area contributed by atoms with Crippen LogP contribution in [0.5, 0.6) is 0 Å². The zero-order chi connectivity index (χ0) is 15.9. The average molecular weight is 305 g/mol. The Morgan fingerprint density at radius 1 is 1.18 bits per heavy atom. The van der Waals surface area contributed by atoms with Crippen LogP contribution in [0.3, 0.4) is 0 Å². The summed E-state index contributed by atoms with van der Waals surface area (Å²) in [6, 6.07) is 7.24. The summed E-state index contributed by atoms with van der Waals surface area (Å²) in [6.07, 6.45) is 2.12. The summed E-state index contributed by atoms with van der Waals surface area (Å²) >= 11 is 0. The SMILES string of the molecule is CCc1ccc(N2CCN(C)CC2)cc1NC(CC)COC. The van der Waals surface area contributed by atoms with Gasteiger partial charge in [-0.2, -0.15) is 0 Å². The second-order valence-corrected chi connectivity index (χ2v) is 6.19. The molecule has 0 bridgehead atoms. The van der Waals surface area contributed by atoms with Crippen LogP contribution in [0, 0.1) is 0 Å². The minimum Gasteiger partial charge on any atom is -0.383 e. The van der Waals surface area contributed by atoms with Crippen molar-refractivity contribution in [3.63, 3.8) is 0 Å². The largest absolute Gasteiger partial charge is 0.383 e. The van der Waals surface area contributed by atoms with Gasteiger partial charge in [-0.3, -0.25) is 0 Å². The molecule has 1 aromatic carbocycles. The van der Waals surface area contributed by atoms with Gasteiger partial charge in [0.05, 0.1) is 6.61 Å². The highest BCUT2D eigenvalue weighted by atomic mass is 16.5. The molecule has 1 unspecified atom stereocenters. The summed E-state index contributed by atoms with van der Waals surface area (Å²) < 4.78 is 5.32. The van der Waals surface area contributed by atoms with E-state index in [1.165, 1.54) is 16.9 Å². The van der Waals surface area contributed by atoms with E-state index in [2.05, 4.69) is 54.2 Å². The number of benzene rings is 1. The van der Waals surface area contributed by atoms with Crippen molar-refractivity contribution in [2.75, 3.05) is 57.2 Å². The molecule has 0 spiro atoms. The van der Waals surface area contributed by atoms with Crippen LogP contribution in [-0.2, 0) is 11.2 Å². The van der Waals surface area contributed by atoms with E-state index in [0.717, 1.165) is 45.6 Å². The van der Waals surface area contributed by atoms with E-state index in [-0.39, 0.29) is 0 Å². The zero-order valence-electron chi connectivity index (χ0n) is 14.6. The number of ether oxygens (including phenoxy) is 1. The molecule has 4 nitrogen and oxygen atoms in total. The molecule has 1 fully saturated rings. The third-order valence-corrected chi connectivity index (χ3v) is 4.56. The fourth-order valence-corrected chi connectivity index (χ4v) is 2.95. The Hall–Kier alpha value is -1.26. The molecule has 0 radical (unpaired) electrons. The number of hydrogen-bond acceptors (Lipinski definition) is 4. The Morgan fingerprint density at radius 3 is 2.50 bits per heavy atom. The van der Waals surface area contributed by atoms with Crippen molar-refractivity contribution < 1.29 is 4.74 Å². The molecule has 1 saturated heterocycles. The zero-order valence-corrected chi connectivity index (χ0v) is 14.6. The maximum atomic E-state index is 5.32. The number of nitrogens with one attached hydrogen (secondary N) is 1. The first kappa shape index (κ1) is 17.1. The molecule has 1 heterocycles. The molecule has 0 saturated carbocycles. The molecule has 0 aliphatic carbocycles. The van der Waals surface area contributed by atoms with Gasteiger partial charge in [0.1, 0.15) is 0 Å². The van der Waals surface area contributed by atoms with Crippen LogP contribution in [0.15, 0.2) is 18.2 Å². The molecule has 2 rings (SSSR count). The second kappa shape index (κ2) is 8.39. The lowest BCUT2D eigenvalue weighted by atomic mass is 10.1. The molecule has 1 aliphatic rings. The van der Waals surface area contributed by atoms with E-state index in [1.807, 2.05) is 0 Å². The van der Waals surface area contributed by atoms with Gasteiger partial charge in [-0.05, 0) is 37.6 Å². The topological polar surface area (TPSA) is 27.7 Å². The van der Waals surface area contributed by atoms with Crippen molar-refractivity contribution in [2.45, 2.75) is 32.7 Å². The molecule has 0 aromatic heterocycles. The van der Waals surface area contributed by atoms with Crippen LogP contribution in [-0.4, -0.2) is 57.9 Å². The van der Waals surface area contributed by atoms with E-state index in [0.29, 0.717) is 6.04 Å². The Bertz CT molecular complexity index is 456. The van der Waals surface area contributed by atoms with Crippen LogP contribution in [0.1, 0.15) is 25.8 Å². The highest BCUT2D eigenvalue weighted by Gasteiger charge is 2.16. The summed E-state index contributed by atoms with van der Waals surface area (Å²) in [4.78, 5) is 4.88. The van der Waals surface area contributed by atoms with Crippen molar-refractivity contribution >= 4 is 11.4 Å². The summed E-state index contributed by atoms with van der Waals surface area (Å²) in [7, 11) is 3.97. The molecule has 1 N–H and O–H groups in total. The summed E-state index contributed by atoms with van der Waals surface area (Å²) in [5, 5.41) is 3.68. The lowest BCUT2D eigenvalue weighted by molar-refractivity contribution is 0.184. The first-order valence-electron chi connectivity index (χ1n) is 8.49. The number of nitrogens with zero attached hydrogens (tertiary/aromatic N) is 2. The van der Waals surface area contributed by atoms with Gasteiger partial charge in [-0.15, -0.1) is 0 Å². The van der Waals surface area contributed by atoms with Crippen molar-refractivity contribution in [1.29, 1.82) is 0 Å². The van der Waals surface area contributed by atoms with Gasteiger partial charge in [-0.25, -0.2) is 0 Å². The van der Waals surface area contributed by atoms with Crippen molar-refractivity contribution in [2.24, 2.45) is 0 Å². The minimum atomic E-state index is 0.373. The monoisotopic (exact) mass is 305 g/mol. The Morgan fingerprint density at radius 2 is 1.91 bits per heavy atom. The van der Waals surface area contributed by atoms with Crippen LogP contribution in [0.4, 0.5) is 11.4 Å². The molecular weight excluding hydrogens is 274 g/mol. The standard InChI is InChI=1S/C18H31N3O/c1-5-15-7-8-17(21-11-9-20(3)10-12-21)13-18(15)19-16(6-2)14-22-4/h7-8,13,16,19H,5-6,9-12,14H2,1-4H3. The summed E-state index contributed by atoms with van der Waals surface area (Å²) in [5.41, 5.74) is 3.98. The summed E-state index contributed by atoms with van der Waals surface area (Å²) in [5.74, 6) is 0. The van der Waals surface area contributed by atoms with Gasteiger partial charge in [0.2, 0.25) is 0 Å². The molecule has 1 aromatic rings. The molecular formula is C18H31N3O. The van der Waals surface area contributed by atoms with Crippen LogP contribution >= 0.6 is 0 Å². The van der Waals surface area contributed by atoms with Crippen molar-refractivity contribution in [3.05, 3.63) is 23.8 Å². The first-order chi connectivity index (χ1) is 10.7. The van der Waals surface area contributed by atoms with Gasteiger partial charge in [0, 0.05) is 50.7 Å². The molecule has 1 atom stereocenters. The predicted molar refractivity (Wildman–Crippen MR) is 95.1 cm³/mol. The minimum absolute atomic E-state index is 0.373. The number of anilines is 2. The Labute approximate surface area is 135 Å². The average Bonchev–Trinajstić information content (AvgIpc) is 2.55. The van der Waals surface area contributed by atoms with Gasteiger partial charge in [0.15, 0.2) is 0 Å². The normalized spacial score (nSPS) is 17.5. The molecule has 124 valence electrons. The molecule has 22 heavy (non-hydrogen) atoms. The molecule has 4 heteroatoms. The van der Waals surface area contributed by atoms with E-state index in [4.69, 9.17) is 4.74 Å². The highest BCUT2D eigenvalue weighted by Crippen LogP contribution is 2.26. The van der Waals surface area contributed by atoms with Gasteiger partial charge >= 0.3 is 0 Å². The predicted octanol–water partition coefficient (Wildman–Crippen LogP) is 2.84. The number of methoxy groups -OCH3 is 1. The number of piperazine rings is 1. The van der Waals surface area contributed by atoms with Crippen molar-refractivity contribution in [1.82, 2.24) is 4.90 Å². The molecule has 1 aliphatic heterocycles. The fraction of sp³-hybridized carbons (Fsp3) is 0.667. The van der Waals surface area contributed by atoms with Crippen LogP contribution < -0.4 is 10.2 Å². The fourth-order valence-electron chi connectivity index (χ4n) is 2.95. The summed E-state index contributed by atoms with van der Waals surface area (Å²) in [6.45, 7) is 9.66. The van der Waals surface area contributed by atoms with E-state index in [1.54, 1.807) is 7.11 Å². The number of aryl methyl sites for hydroxylation is 1. The number of likely N-dealkylation sites (N-methyl/N-ethyl adjacent to an activating group) is 1. The highest BCUT2D eigenvalue weighted by molar-refractivity contribution is 5.63. The smallest absolute Gasteiger partial charge is 0.0663 e. The van der Waals surface area contributed by atoms with Gasteiger partial charge < -0.3 is 19.9 Å². The van der Waals surface area contributed by atoms with E-state index < -0.39 is 0 Å². The van der Waals surface area contributed by atoms with Crippen LogP contribution in [0.2, 0.25) is 0 Å². The third kappa shape index (κ3) is 4.37. The maximum absolute atomic E-state index is 5.32. The molecule has 0 amide bonds. The first-order valence-corrected chi connectivity index (χ1v) is 8.49. The van der Waals surface area contributed by atoms with Gasteiger partial charge in [-0.1, -0.05) is 19.9 Å². The van der Waals surface area contributed by atoms with E-state index >= 15 is 0 Å². The third-order valence-electron chi connectivity index (χ3n) is 4.56. The number of rotatable bonds is 7. The number of hydrogen-bond donors (Lipinski definition) is 1. The maximum Gasteiger partial charge on any atom is 0.0663 e. The Balaban J connectivity index is 2.14. The lowest BCUT2D eigenvalue weighted by Crippen LogP contribution is -2.44. The Kier molecular flexibility index (Phi) is 6.52.